The van der Waals surface area contributed by atoms with Crippen molar-refractivity contribution in [3.05, 3.63) is 34.1 Å². The number of halogens is 2. The van der Waals surface area contributed by atoms with E-state index in [9.17, 15) is 14.3 Å². The van der Waals surface area contributed by atoms with E-state index in [0.717, 1.165) is 18.9 Å². The van der Waals surface area contributed by atoms with Crippen LogP contribution in [0.15, 0.2) is 12.1 Å². The first-order valence-corrected chi connectivity index (χ1v) is 6.30. The normalized spacial score (nSPS) is 19.3. The number of likely N-dealkylation sites (tertiary alicyclic amines) is 1. The van der Waals surface area contributed by atoms with Crippen molar-refractivity contribution in [1.82, 2.24) is 4.90 Å². The number of aryl methyl sites for hydroxylation is 1. The summed E-state index contributed by atoms with van der Waals surface area (Å²) < 4.78 is 13.3. The molecule has 0 aliphatic carbocycles. The standard InChI is InChI=1S/C13H15ClFNO2/c1-8-5-10(11(14)6-12(8)15)13(18)16-4-2-3-9(16)7-17/h5-6,9,17H,2-4,7H2,1H3. The zero-order valence-corrected chi connectivity index (χ0v) is 10.9. The summed E-state index contributed by atoms with van der Waals surface area (Å²) in [7, 11) is 0. The van der Waals surface area contributed by atoms with Crippen LogP contribution in [0.3, 0.4) is 0 Å². The van der Waals surface area contributed by atoms with E-state index in [-0.39, 0.29) is 23.6 Å². The van der Waals surface area contributed by atoms with Gasteiger partial charge in [0.1, 0.15) is 5.82 Å². The van der Waals surface area contributed by atoms with Gasteiger partial charge < -0.3 is 10.0 Å². The van der Waals surface area contributed by atoms with Crippen molar-refractivity contribution >= 4 is 17.5 Å². The number of rotatable bonds is 2. The summed E-state index contributed by atoms with van der Waals surface area (Å²) in [5, 5.41) is 9.33. The zero-order chi connectivity index (χ0) is 13.3. The lowest BCUT2D eigenvalue weighted by atomic mass is 10.1. The number of hydrogen-bond acceptors (Lipinski definition) is 2. The Morgan fingerprint density at radius 1 is 1.61 bits per heavy atom. The lowest BCUT2D eigenvalue weighted by Crippen LogP contribution is -2.37. The summed E-state index contributed by atoms with van der Waals surface area (Å²) in [5.41, 5.74) is 0.693. The van der Waals surface area contributed by atoms with Gasteiger partial charge in [0.15, 0.2) is 0 Å². The van der Waals surface area contributed by atoms with E-state index in [4.69, 9.17) is 11.6 Å². The monoisotopic (exact) mass is 271 g/mol. The first kappa shape index (κ1) is 13.3. The van der Waals surface area contributed by atoms with E-state index in [2.05, 4.69) is 0 Å². The predicted molar refractivity (Wildman–Crippen MR) is 67.3 cm³/mol. The maximum Gasteiger partial charge on any atom is 0.255 e. The van der Waals surface area contributed by atoms with Crippen molar-refractivity contribution in [2.75, 3.05) is 13.2 Å². The molecule has 1 aliphatic rings. The number of hydrogen-bond donors (Lipinski definition) is 1. The fourth-order valence-electron chi connectivity index (χ4n) is 2.27. The van der Waals surface area contributed by atoms with Gasteiger partial charge in [0.05, 0.1) is 23.2 Å². The van der Waals surface area contributed by atoms with E-state index in [0.29, 0.717) is 17.7 Å². The van der Waals surface area contributed by atoms with Crippen LogP contribution in [0, 0.1) is 12.7 Å². The largest absolute Gasteiger partial charge is 0.394 e. The van der Waals surface area contributed by atoms with E-state index in [1.807, 2.05) is 0 Å². The summed E-state index contributed by atoms with van der Waals surface area (Å²) in [4.78, 5) is 13.9. The molecular weight excluding hydrogens is 257 g/mol. The van der Waals surface area contributed by atoms with Crippen LogP contribution in [0.5, 0.6) is 0 Å². The fourth-order valence-corrected chi connectivity index (χ4v) is 2.50. The van der Waals surface area contributed by atoms with Gasteiger partial charge in [0, 0.05) is 6.54 Å². The summed E-state index contributed by atoms with van der Waals surface area (Å²) >= 11 is 5.92. The molecule has 1 fully saturated rings. The van der Waals surface area contributed by atoms with Gasteiger partial charge in [0.2, 0.25) is 0 Å². The van der Waals surface area contributed by atoms with Crippen LogP contribution in [0.1, 0.15) is 28.8 Å². The van der Waals surface area contributed by atoms with Gasteiger partial charge in [-0.15, -0.1) is 0 Å². The summed E-state index contributed by atoms with van der Waals surface area (Å²) in [6.07, 6.45) is 1.66. The molecule has 1 aliphatic heterocycles. The van der Waals surface area contributed by atoms with Crippen LogP contribution in [0.4, 0.5) is 4.39 Å². The summed E-state index contributed by atoms with van der Waals surface area (Å²) in [6, 6.07) is 2.47. The molecule has 0 spiro atoms. The number of nitrogens with zero attached hydrogens (tertiary/aromatic N) is 1. The van der Waals surface area contributed by atoms with E-state index in [1.165, 1.54) is 6.07 Å². The molecule has 5 heteroatoms. The maximum absolute atomic E-state index is 13.3. The van der Waals surface area contributed by atoms with Crippen LogP contribution in [0.2, 0.25) is 5.02 Å². The van der Waals surface area contributed by atoms with Gasteiger partial charge in [0.25, 0.3) is 5.91 Å². The molecule has 3 nitrogen and oxygen atoms in total. The highest BCUT2D eigenvalue weighted by Gasteiger charge is 2.30. The molecule has 2 rings (SSSR count). The molecular formula is C13H15ClFNO2. The molecule has 1 atom stereocenters. The van der Waals surface area contributed by atoms with Crippen molar-refractivity contribution < 1.29 is 14.3 Å². The summed E-state index contributed by atoms with van der Waals surface area (Å²) in [6.45, 7) is 2.15. The number of aliphatic hydroxyl groups is 1. The Labute approximate surface area is 110 Å². The van der Waals surface area contributed by atoms with Gasteiger partial charge in [-0.3, -0.25) is 4.79 Å². The number of aliphatic hydroxyl groups excluding tert-OH is 1. The smallest absolute Gasteiger partial charge is 0.255 e. The predicted octanol–water partition coefficient (Wildman–Crippen LogP) is 2.38. The number of benzene rings is 1. The Morgan fingerprint density at radius 3 is 3.00 bits per heavy atom. The second-order valence-corrected chi connectivity index (χ2v) is 4.97. The van der Waals surface area contributed by atoms with E-state index >= 15 is 0 Å². The molecule has 0 radical (unpaired) electrons. The third-order valence-electron chi connectivity index (χ3n) is 3.33. The third kappa shape index (κ3) is 2.35. The Balaban J connectivity index is 2.31. The fraction of sp³-hybridized carbons (Fsp3) is 0.462. The Morgan fingerprint density at radius 2 is 2.33 bits per heavy atom. The Kier molecular flexibility index (Phi) is 3.88. The van der Waals surface area contributed by atoms with Crippen LogP contribution in [-0.4, -0.2) is 35.1 Å². The Bertz CT molecular complexity index is 478. The topological polar surface area (TPSA) is 40.5 Å². The molecule has 1 amide bonds. The van der Waals surface area contributed by atoms with E-state index in [1.54, 1.807) is 11.8 Å². The second-order valence-electron chi connectivity index (χ2n) is 4.56. The Hall–Kier alpha value is -1.13. The number of amides is 1. The van der Waals surface area contributed by atoms with Gasteiger partial charge in [-0.25, -0.2) is 4.39 Å². The van der Waals surface area contributed by atoms with Gasteiger partial charge >= 0.3 is 0 Å². The summed E-state index contributed by atoms with van der Waals surface area (Å²) in [5.74, 6) is -0.656. The number of carbonyl (C=O) groups excluding carboxylic acids is 1. The lowest BCUT2D eigenvalue weighted by Gasteiger charge is -2.23. The quantitative estimate of drug-likeness (QED) is 0.897. The van der Waals surface area contributed by atoms with Crippen LogP contribution in [0.25, 0.3) is 0 Å². The van der Waals surface area contributed by atoms with Crippen molar-refractivity contribution in [1.29, 1.82) is 0 Å². The molecule has 0 aromatic heterocycles. The van der Waals surface area contributed by atoms with Gasteiger partial charge in [-0.2, -0.15) is 0 Å². The first-order chi connectivity index (χ1) is 8.54. The molecule has 18 heavy (non-hydrogen) atoms. The van der Waals surface area contributed by atoms with Crippen LogP contribution in [-0.2, 0) is 0 Å². The molecule has 1 saturated heterocycles. The van der Waals surface area contributed by atoms with Crippen molar-refractivity contribution in [3.8, 4) is 0 Å². The van der Waals surface area contributed by atoms with E-state index < -0.39 is 5.82 Å². The molecule has 1 heterocycles. The molecule has 1 N–H and O–H groups in total. The van der Waals surface area contributed by atoms with Crippen molar-refractivity contribution in [2.24, 2.45) is 0 Å². The molecule has 0 saturated carbocycles. The average Bonchev–Trinajstić information content (AvgIpc) is 2.81. The maximum atomic E-state index is 13.3. The zero-order valence-electron chi connectivity index (χ0n) is 10.1. The molecule has 1 unspecified atom stereocenters. The van der Waals surface area contributed by atoms with Crippen LogP contribution < -0.4 is 0 Å². The second kappa shape index (κ2) is 5.24. The minimum Gasteiger partial charge on any atom is -0.394 e. The average molecular weight is 272 g/mol. The highest BCUT2D eigenvalue weighted by Crippen LogP contribution is 2.25. The minimum absolute atomic E-state index is 0.0520. The molecule has 1 aromatic carbocycles. The SMILES string of the molecule is Cc1cc(C(=O)N2CCCC2CO)c(Cl)cc1F. The van der Waals surface area contributed by atoms with Gasteiger partial charge in [-0.05, 0) is 37.5 Å². The van der Waals surface area contributed by atoms with Crippen molar-refractivity contribution in [2.45, 2.75) is 25.8 Å². The first-order valence-electron chi connectivity index (χ1n) is 5.92. The highest BCUT2D eigenvalue weighted by molar-refractivity contribution is 6.33. The molecule has 1 aromatic rings. The molecule has 98 valence electrons. The number of carbonyl (C=O) groups is 1. The van der Waals surface area contributed by atoms with Crippen molar-refractivity contribution in [3.63, 3.8) is 0 Å². The van der Waals surface area contributed by atoms with Gasteiger partial charge in [-0.1, -0.05) is 11.6 Å². The lowest BCUT2D eigenvalue weighted by molar-refractivity contribution is 0.0677. The molecule has 0 bridgehead atoms. The highest BCUT2D eigenvalue weighted by atomic mass is 35.5. The van der Waals surface area contributed by atoms with Crippen LogP contribution >= 0.6 is 11.6 Å². The third-order valence-corrected chi connectivity index (χ3v) is 3.64. The minimum atomic E-state index is -0.420.